The van der Waals surface area contributed by atoms with Crippen LogP contribution in [0.3, 0.4) is 0 Å². The molecule has 31 heavy (non-hydrogen) atoms. The predicted octanol–water partition coefficient (Wildman–Crippen LogP) is 6.90. The van der Waals surface area contributed by atoms with Gasteiger partial charge in [0.2, 0.25) is 0 Å². The smallest absolute Gasteiger partial charge is 0.330 e. The molecule has 0 radical (unpaired) electrons. The highest BCUT2D eigenvalue weighted by atomic mass is 16.4. The van der Waals surface area contributed by atoms with Gasteiger partial charge in [-0.25, -0.2) is 9.59 Å². The second-order valence-corrected chi connectivity index (χ2v) is 10.5. The number of hydrogen-bond acceptors (Lipinski definition) is 2. The standard InChI is InChI=1S/2C10H16.C4H6O2.C3H4O2/c2*1-7-8-4-5-9(6-8)10(7,2)3;1-3(2)4(5)6;1-2-3(4)5/h2*8-9H,1,4-6H2,2-3H3;1H2,2H3,(H,5,6);2H,1H2,(H,4,5). The molecule has 4 heteroatoms. The Morgan fingerprint density at radius 1 is 0.871 bits per heavy atom. The molecule has 0 aromatic rings. The van der Waals surface area contributed by atoms with E-state index in [4.69, 9.17) is 10.2 Å². The molecule has 0 aliphatic heterocycles. The Morgan fingerprint density at radius 2 is 1.16 bits per heavy atom. The van der Waals surface area contributed by atoms with E-state index in [1.54, 1.807) is 0 Å². The largest absolute Gasteiger partial charge is 0.478 e. The van der Waals surface area contributed by atoms with Gasteiger partial charge in [-0.15, -0.1) is 0 Å². The molecule has 2 N–H and O–H groups in total. The summed E-state index contributed by atoms with van der Waals surface area (Å²) in [6.45, 7) is 25.4. The lowest BCUT2D eigenvalue weighted by Crippen LogP contribution is -2.21. The lowest BCUT2D eigenvalue weighted by atomic mass is 9.73. The highest BCUT2D eigenvalue weighted by molar-refractivity contribution is 5.84. The number of aliphatic carboxylic acids is 2. The summed E-state index contributed by atoms with van der Waals surface area (Å²) < 4.78 is 0. The van der Waals surface area contributed by atoms with Gasteiger partial charge < -0.3 is 10.2 Å². The van der Waals surface area contributed by atoms with E-state index < -0.39 is 11.9 Å². The Morgan fingerprint density at radius 3 is 1.26 bits per heavy atom. The number of rotatable bonds is 2. The van der Waals surface area contributed by atoms with E-state index in [1.165, 1.54) is 56.6 Å². The molecule has 4 fully saturated rings. The summed E-state index contributed by atoms with van der Waals surface area (Å²) in [5, 5.41) is 15.5. The summed E-state index contributed by atoms with van der Waals surface area (Å²) in [5.74, 6) is 1.79. The molecule has 4 rings (SSSR count). The van der Waals surface area contributed by atoms with Crippen LogP contribution in [0, 0.1) is 34.5 Å². The molecule has 0 heterocycles. The zero-order chi connectivity index (χ0) is 24.1. The summed E-state index contributed by atoms with van der Waals surface area (Å²) in [6.07, 6.45) is 9.46. The highest BCUT2D eigenvalue weighted by Crippen LogP contribution is 2.59. The minimum absolute atomic E-state index is 0.176. The van der Waals surface area contributed by atoms with Crippen LogP contribution in [0.2, 0.25) is 0 Å². The fourth-order valence-corrected chi connectivity index (χ4v) is 5.48. The van der Waals surface area contributed by atoms with E-state index in [0.29, 0.717) is 10.8 Å². The molecule has 0 amide bonds. The maximum Gasteiger partial charge on any atom is 0.330 e. The molecule has 4 nitrogen and oxygen atoms in total. The van der Waals surface area contributed by atoms with E-state index in [1.807, 2.05) is 0 Å². The summed E-state index contributed by atoms with van der Waals surface area (Å²) in [5.41, 5.74) is 4.19. The summed E-state index contributed by atoms with van der Waals surface area (Å²) in [4.78, 5) is 18.8. The minimum Gasteiger partial charge on any atom is -0.478 e. The Balaban J connectivity index is 0.000000217. The molecular formula is C27H42O4. The third kappa shape index (κ3) is 6.44. The van der Waals surface area contributed by atoms with E-state index >= 15 is 0 Å². The zero-order valence-corrected chi connectivity index (χ0v) is 20.2. The Kier molecular flexibility index (Phi) is 9.10. The van der Waals surface area contributed by atoms with Gasteiger partial charge in [-0.3, -0.25) is 0 Å². The maximum atomic E-state index is 9.60. The van der Waals surface area contributed by atoms with Crippen molar-refractivity contribution in [3.05, 3.63) is 49.1 Å². The maximum absolute atomic E-state index is 9.60. The average Bonchev–Trinajstić information content (AvgIpc) is 3.43. The quantitative estimate of drug-likeness (QED) is 0.369. The summed E-state index contributed by atoms with van der Waals surface area (Å²) in [7, 11) is 0. The second-order valence-electron chi connectivity index (χ2n) is 10.5. The Hall–Kier alpha value is -2.10. The fourth-order valence-electron chi connectivity index (χ4n) is 5.48. The lowest BCUT2D eigenvalue weighted by molar-refractivity contribution is -0.133. The van der Waals surface area contributed by atoms with Crippen LogP contribution >= 0.6 is 0 Å². The van der Waals surface area contributed by atoms with Crippen LogP contribution in [0.1, 0.15) is 73.1 Å². The van der Waals surface area contributed by atoms with E-state index in [0.717, 1.165) is 29.7 Å². The van der Waals surface area contributed by atoms with Gasteiger partial charge in [-0.1, -0.05) is 65.2 Å². The second kappa shape index (κ2) is 10.5. The molecule has 0 aromatic heterocycles. The van der Waals surface area contributed by atoms with Crippen LogP contribution < -0.4 is 0 Å². The van der Waals surface area contributed by atoms with Crippen molar-refractivity contribution in [1.29, 1.82) is 0 Å². The first kappa shape index (κ1) is 26.9. The Labute approximate surface area is 188 Å². The number of carboxylic acid groups (broad SMARTS) is 2. The number of hydrogen-bond donors (Lipinski definition) is 2. The van der Waals surface area contributed by atoms with E-state index in [-0.39, 0.29) is 5.57 Å². The van der Waals surface area contributed by atoms with Crippen molar-refractivity contribution in [3.63, 3.8) is 0 Å². The van der Waals surface area contributed by atoms with Crippen molar-refractivity contribution in [2.24, 2.45) is 34.5 Å². The SMILES string of the molecule is C=C(C)C(=O)O.C=C1C2CCC(C2)C1(C)C.C=C1C2CCC(C2)C1(C)C.C=CC(=O)O. The van der Waals surface area contributed by atoms with Gasteiger partial charge >= 0.3 is 11.9 Å². The molecule has 4 atom stereocenters. The van der Waals surface area contributed by atoms with Crippen molar-refractivity contribution in [2.45, 2.75) is 73.1 Å². The predicted molar refractivity (Wildman–Crippen MR) is 128 cm³/mol. The first-order chi connectivity index (χ1) is 14.2. The normalized spacial score (nSPS) is 30.1. The minimum atomic E-state index is -0.981. The fraction of sp³-hybridized carbons (Fsp3) is 0.630. The molecule has 0 saturated heterocycles. The third-order valence-electron chi connectivity index (χ3n) is 8.09. The van der Waals surface area contributed by atoms with Crippen molar-refractivity contribution < 1.29 is 19.8 Å². The molecule has 4 bridgehead atoms. The summed E-state index contributed by atoms with van der Waals surface area (Å²) >= 11 is 0. The third-order valence-corrected chi connectivity index (χ3v) is 8.09. The molecule has 0 aromatic carbocycles. The Bertz CT molecular complexity index is 686. The van der Waals surface area contributed by atoms with Gasteiger partial charge in [0, 0.05) is 11.6 Å². The van der Waals surface area contributed by atoms with Crippen molar-refractivity contribution >= 4 is 11.9 Å². The zero-order valence-electron chi connectivity index (χ0n) is 20.2. The molecule has 174 valence electrons. The van der Waals surface area contributed by atoms with Gasteiger partial charge in [0.05, 0.1) is 0 Å². The van der Waals surface area contributed by atoms with Gasteiger partial charge in [-0.2, -0.15) is 0 Å². The van der Waals surface area contributed by atoms with Crippen molar-refractivity contribution in [1.82, 2.24) is 0 Å². The molecule has 4 aliphatic carbocycles. The summed E-state index contributed by atoms with van der Waals surface area (Å²) in [6, 6.07) is 0. The molecule has 0 spiro atoms. The van der Waals surface area contributed by atoms with E-state index in [2.05, 4.69) is 54.0 Å². The first-order valence-corrected chi connectivity index (χ1v) is 11.3. The van der Waals surface area contributed by atoms with Crippen LogP contribution in [-0.2, 0) is 9.59 Å². The number of carboxylic acids is 2. The van der Waals surface area contributed by atoms with Gasteiger partial charge in [0.25, 0.3) is 0 Å². The van der Waals surface area contributed by atoms with Crippen LogP contribution in [0.4, 0.5) is 0 Å². The van der Waals surface area contributed by atoms with Crippen molar-refractivity contribution in [3.8, 4) is 0 Å². The van der Waals surface area contributed by atoms with Gasteiger partial charge in [-0.05, 0) is 80.0 Å². The number of allylic oxidation sites excluding steroid dienone is 2. The number of carbonyl (C=O) groups is 2. The lowest BCUT2D eigenvalue weighted by Gasteiger charge is -2.31. The first-order valence-electron chi connectivity index (χ1n) is 11.3. The van der Waals surface area contributed by atoms with Gasteiger partial charge in [0.1, 0.15) is 0 Å². The van der Waals surface area contributed by atoms with Crippen LogP contribution in [0.25, 0.3) is 0 Å². The average molecular weight is 431 g/mol. The molecule has 4 unspecified atom stereocenters. The molecular weight excluding hydrogens is 388 g/mol. The monoisotopic (exact) mass is 430 g/mol. The van der Waals surface area contributed by atoms with Gasteiger partial charge in [0.15, 0.2) is 0 Å². The highest BCUT2D eigenvalue weighted by Gasteiger charge is 2.48. The van der Waals surface area contributed by atoms with Crippen LogP contribution in [-0.4, -0.2) is 22.2 Å². The number of fused-ring (bicyclic) bond motifs is 4. The van der Waals surface area contributed by atoms with Crippen LogP contribution in [0.5, 0.6) is 0 Å². The van der Waals surface area contributed by atoms with Crippen LogP contribution in [0.15, 0.2) is 49.1 Å². The molecule has 4 aliphatic rings. The molecule has 4 saturated carbocycles. The van der Waals surface area contributed by atoms with Crippen molar-refractivity contribution in [2.75, 3.05) is 0 Å². The topological polar surface area (TPSA) is 74.6 Å². The van der Waals surface area contributed by atoms with E-state index in [9.17, 15) is 9.59 Å².